The molecule has 0 radical (unpaired) electrons. The molecule has 0 bridgehead atoms. The predicted octanol–water partition coefficient (Wildman–Crippen LogP) is 4.11. The van der Waals surface area contributed by atoms with Crippen molar-refractivity contribution in [1.29, 1.82) is 0 Å². The fourth-order valence-electron chi connectivity index (χ4n) is 3.78. The highest BCUT2D eigenvalue weighted by Gasteiger charge is 2.19. The van der Waals surface area contributed by atoms with Crippen molar-refractivity contribution in [1.82, 2.24) is 24.3 Å². The molecule has 0 aliphatic carbocycles. The van der Waals surface area contributed by atoms with E-state index in [0.29, 0.717) is 17.0 Å². The summed E-state index contributed by atoms with van der Waals surface area (Å²) >= 11 is 0. The number of imidazole rings is 1. The highest BCUT2D eigenvalue weighted by atomic mass is 16.1. The fourth-order valence-corrected chi connectivity index (χ4v) is 3.78. The lowest BCUT2D eigenvalue weighted by atomic mass is 9.96. The minimum atomic E-state index is -0.180. The van der Waals surface area contributed by atoms with E-state index in [4.69, 9.17) is 0 Å². The molecule has 0 saturated carbocycles. The summed E-state index contributed by atoms with van der Waals surface area (Å²) in [5.41, 5.74) is 5.64. The van der Waals surface area contributed by atoms with Crippen LogP contribution in [-0.2, 0) is 0 Å². The highest BCUT2D eigenvalue weighted by Crippen LogP contribution is 2.29. The van der Waals surface area contributed by atoms with Crippen molar-refractivity contribution in [3.63, 3.8) is 0 Å². The van der Waals surface area contributed by atoms with Gasteiger partial charge in [0, 0.05) is 11.7 Å². The summed E-state index contributed by atoms with van der Waals surface area (Å²) in [5.74, 6) is 0.646. The number of nitrogens with zero attached hydrogens (tertiary/aromatic N) is 4. The van der Waals surface area contributed by atoms with Crippen LogP contribution in [-0.4, -0.2) is 24.3 Å². The molecule has 4 aromatic heterocycles. The zero-order chi connectivity index (χ0) is 20.7. The maximum atomic E-state index is 13.5. The van der Waals surface area contributed by atoms with Gasteiger partial charge in [-0.15, -0.1) is 0 Å². The Hall–Kier alpha value is -4.00. The third kappa shape index (κ3) is 3.00. The first kappa shape index (κ1) is 18.1. The number of hydrogen-bond donors (Lipinski definition) is 2. The van der Waals surface area contributed by atoms with Crippen LogP contribution in [0.4, 0.5) is 5.82 Å². The first-order valence-corrected chi connectivity index (χ1v) is 9.74. The van der Waals surface area contributed by atoms with Crippen LogP contribution >= 0.6 is 0 Å². The first-order chi connectivity index (χ1) is 14.6. The van der Waals surface area contributed by atoms with Crippen molar-refractivity contribution in [3.05, 3.63) is 88.9 Å². The number of benzene rings is 1. The maximum absolute atomic E-state index is 13.5. The summed E-state index contributed by atoms with van der Waals surface area (Å²) in [6, 6.07) is 15.6. The SMILES string of the molecule is Cc1ccc2cc(C(C)Nc3ncnc4nc[nH]c34)c(-c3ccccc3)c(=O)n2c1. The van der Waals surface area contributed by atoms with Crippen LogP contribution in [0.25, 0.3) is 27.8 Å². The predicted molar refractivity (Wildman–Crippen MR) is 118 cm³/mol. The third-order valence-corrected chi connectivity index (χ3v) is 5.26. The number of nitrogens with one attached hydrogen (secondary N) is 2. The second-order valence-electron chi connectivity index (χ2n) is 7.34. The molecule has 0 aliphatic heterocycles. The number of aryl methyl sites for hydroxylation is 1. The molecular weight excluding hydrogens is 376 g/mol. The number of fused-ring (bicyclic) bond motifs is 2. The molecule has 7 nitrogen and oxygen atoms in total. The summed E-state index contributed by atoms with van der Waals surface area (Å²) in [6.07, 6.45) is 4.95. The molecule has 1 atom stereocenters. The Bertz CT molecular complexity index is 1420. The zero-order valence-corrected chi connectivity index (χ0v) is 16.6. The van der Waals surface area contributed by atoms with Crippen molar-refractivity contribution >= 4 is 22.5 Å². The molecule has 4 heterocycles. The highest BCUT2D eigenvalue weighted by molar-refractivity contribution is 5.82. The number of rotatable bonds is 4. The number of pyridine rings is 2. The van der Waals surface area contributed by atoms with E-state index < -0.39 is 0 Å². The molecule has 0 amide bonds. The van der Waals surface area contributed by atoms with Crippen LogP contribution < -0.4 is 10.9 Å². The maximum Gasteiger partial charge on any atom is 0.263 e. The lowest BCUT2D eigenvalue weighted by Crippen LogP contribution is -2.21. The molecule has 2 N–H and O–H groups in total. The Morgan fingerprint density at radius 2 is 1.90 bits per heavy atom. The second kappa shape index (κ2) is 7.11. The Morgan fingerprint density at radius 3 is 2.73 bits per heavy atom. The average molecular weight is 396 g/mol. The van der Waals surface area contributed by atoms with Crippen molar-refractivity contribution in [2.45, 2.75) is 19.9 Å². The summed E-state index contributed by atoms with van der Waals surface area (Å²) in [6.45, 7) is 4.01. The number of aromatic nitrogens is 5. The fraction of sp³-hybridized carbons (Fsp3) is 0.130. The summed E-state index contributed by atoms with van der Waals surface area (Å²) in [4.78, 5) is 29.3. The third-order valence-electron chi connectivity index (χ3n) is 5.26. The Kier molecular flexibility index (Phi) is 4.28. The van der Waals surface area contributed by atoms with E-state index >= 15 is 0 Å². The Morgan fingerprint density at radius 1 is 1.07 bits per heavy atom. The monoisotopic (exact) mass is 396 g/mol. The van der Waals surface area contributed by atoms with Crippen molar-refractivity contribution in [3.8, 4) is 11.1 Å². The van der Waals surface area contributed by atoms with Gasteiger partial charge in [-0.25, -0.2) is 15.0 Å². The molecular formula is C23H20N6O. The van der Waals surface area contributed by atoms with E-state index in [1.165, 1.54) is 6.33 Å². The van der Waals surface area contributed by atoms with Crippen LogP contribution in [0.1, 0.15) is 24.1 Å². The van der Waals surface area contributed by atoms with E-state index in [-0.39, 0.29) is 11.6 Å². The molecule has 148 valence electrons. The van der Waals surface area contributed by atoms with Gasteiger partial charge in [0.2, 0.25) is 0 Å². The quantitative estimate of drug-likeness (QED) is 0.477. The van der Waals surface area contributed by atoms with Crippen LogP contribution in [0.3, 0.4) is 0 Å². The zero-order valence-electron chi connectivity index (χ0n) is 16.6. The molecule has 5 aromatic rings. The van der Waals surface area contributed by atoms with Crippen molar-refractivity contribution in [2.24, 2.45) is 0 Å². The van der Waals surface area contributed by atoms with Crippen LogP contribution in [0, 0.1) is 6.92 Å². The van der Waals surface area contributed by atoms with Crippen LogP contribution in [0.5, 0.6) is 0 Å². The molecule has 0 spiro atoms. The van der Waals surface area contributed by atoms with Gasteiger partial charge in [0.05, 0.1) is 17.9 Å². The van der Waals surface area contributed by atoms with E-state index in [2.05, 4.69) is 31.3 Å². The van der Waals surface area contributed by atoms with Crippen molar-refractivity contribution in [2.75, 3.05) is 5.32 Å². The number of H-pyrrole nitrogens is 1. The summed E-state index contributed by atoms with van der Waals surface area (Å²) < 4.78 is 1.71. The molecule has 1 unspecified atom stereocenters. The van der Waals surface area contributed by atoms with Gasteiger partial charge < -0.3 is 10.3 Å². The smallest absolute Gasteiger partial charge is 0.263 e. The van der Waals surface area contributed by atoms with Gasteiger partial charge in [-0.05, 0) is 42.7 Å². The van der Waals surface area contributed by atoms with Gasteiger partial charge in [0.1, 0.15) is 11.8 Å². The second-order valence-corrected chi connectivity index (χ2v) is 7.34. The molecule has 0 aliphatic rings. The van der Waals surface area contributed by atoms with Gasteiger partial charge in [-0.1, -0.05) is 36.4 Å². The van der Waals surface area contributed by atoms with Gasteiger partial charge >= 0.3 is 0 Å². The molecule has 5 rings (SSSR count). The van der Waals surface area contributed by atoms with Crippen LogP contribution in [0.15, 0.2) is 72.2 Å². The van der Waals surface area contributed by atoms with Gasteiger partial charge in [-0.3, -0.25) is 9.20 Å². The van der Waals surface area contributed by atoms with Gasteiger partial charge in [-0.2, -0.15) is 0 Å². The lowest BCUT2D eigenvalue weighted by molar-refractivity contribution is 0.869. The van der Waals surface area contributed by atoms with Crippen molar-refractivity contribution < 1.29 is 0 Å². The van der Waals surface area contributed by atoms with E-state index in [1.54, 1.807) is 10.7 Å². The molecule has 0 fully saturated rings. The average Bonchev–Trinajstić information content (AvgIpc) is 3.24. The Labute approximate surface area is 172 Å². The minimum absolute atomic E-state index is 0.0413. The minimum Gasteiger partial charge on any atom is -0.362 e. The van der Waals surface area contributed by atoms with E-state index in [9.17, 15) is 4.79 Å². The van der Waals surface area contributed by atoms with Crippen LogP contribution in [0.2, 0.25) is 0 Å². The van der Waals surface area contributed by atoms with Gasteiger partial charge in [0.15, 0.2) is 11.5 Å². The first-order valence-electron chi connectivity index (χ1n) is 9.74. The number of hydrogen-bond acceptors (Lipinski definition) is 5. The van der Waals surface area contributed by atoms with E-state index in [0.717, 1.165) is 27.7 Å². The Balaban J connectivity index is 1.70. The lowest BCUT2D eigenvalue weighted by Gasteiger charge is -2.20. The molecule has 1 aromatic carbocycles. The molecule has 7 heteroatoms. The number of anilines is 1. The summed E-state index contributed by atoms with van der Waals surface area (Å²) in [7, 11) is 0. The standard InChI is InChI=1S/C23H20N6O/c1-14-8-9-17-10-18(15(2)28-22-20-21(25-12-24-20)26-13-27-22)19(23(30)29(17)11-14)16-6-4-3-5-7-16/h3-13,15H,1-2H3,(H2,24,25,26,27,28). The summed E-state index contributed by atoms with van der Waals surface area (Å²) in [5, 5.41) is 3.43. The molecule has 0 saturated heterocycles. The number of aromatic amines is 1. The normalized spacial score (nSPS) is 12.3. The van der Waals surface area contributed by atoms with Gasteiger partial charge in [0.25, 0.3) is 5.56 Å². The van der Waals surface area contributed by atoms with E-state index in [1.807, 2.05) is 62.5 Å². The topological polar surface area (TPSA) is 88.0 Å². The molecule has 30 heavy (non-hydrogen) atoms. The largest absolute Gasteiger partial charge is 0.362 e.